The molecule has 0 bridgehead atoms. The van der Waals surface area contributed by atoms with Gasteiger partial charge in [0, 0.05) is 41.6 Å². The average molecular weight is 461 g/mol. The van der Waals surface area contributed by atoms with E-state index in [0.29, 0.717) is 25.3 Å². The summed E-state index contributed by atoms with van der Waals surface area (Å²) in [5.41, 5.74) is 0.619. The molecular formula is C26H40N2O3S. The maximum atomic E-state index is 13.0. The first-order valence-corrected chi connectivity index (χ1v) is 13.0. The van der Waals surface area contributed by atoms with E-state index in [1.54, 1.807) is 11.3 Å². The summed E-state index contributed by atoms with van der Waals surface area (Å²) in [6.07, 6.45) is 9.46. The van der Waals surface area contributed by atoms with Crippen LogP contribution in [0.25, 0.3) is 6.08 Å². The molecule has 2 fully saturated rings. The van der Waals surface area contributed by atoms with Crippen LogP contribution in [0.2, 0.25) is 0 Å². The third-order valence-electron chi connectivity index (χ3n) is 8.19. The number of nitrogens with one attached hydrogen (secondary N) is 1. The fraction of sp³-hybridized carbons (Fsp3) is 0.731. The monoisotopic (exact) mass is 460 g/mol. The summed E-state index contributed by atoms with van der Waals surface area (Å²) in [7, 11) is 0. The van der Waals surface area contributed by atoms with Gasteiger partial charge in [0.1, 0.15) is 11.4 Å². The highest BCUT2D eigenvalue weighted by molar-refractivity contribution is 7.09. The predicted octanol–water partition coefficient (Wildman–Crippen LogP) is 6.01. The Kier molecular flexibility index (Phi) is 7.66. The van der Waals surface area contributed by atoms with Gasteiger partial charge in [0.15, 0.2) is 0 Å². The van der Waals surface area contributed by atoms with Gasteiger partial charge in [-0.15, -0.1) is 11.3 Å². The summed E-state index contributed by atoms with van der Waals surface area (Å²) in [5, 5.41) is 6.80. The van der Waals surface area contributed by atoms with Gasteiger partial charge < -0.3 is 10.1 Å². The molecule has 0 spiro atoms. The summed E-state index contributed by atoms with van der Waals surface area (Å²) >= 11 is 1.62. The van der Waals surface area contributed by atoms with Gasteiger partial charge in [-0.3, -0.25) is 9.59 Å². The summed E-state index contributed by atoms with van der Waals surface area (Å²) in [5.74, 6) is 0.0304. The van der Waals surface area contributed by atoms with Crippen molar-refractivity contribution in [1.29, 1.82) is 0 Å². The lowest BCUT2D eigenvalue weighted by atomic mass is 9.62. The molecule has 1 aromatic rings. The molecule has 3 unspecified atom stereocenters. The third-order valence-corrected chi connectivity index (χ3v) is 8.98. The van der Waals surface area contributed by atoms with Crippen LogP contribution in [-0.2, 0) is 14.3 Å². The number of aromatic nitrogens is 1. The second-order valence-electron chi connectivity index (χ2n) is 10.5. The van der Waals surface area contributed by atoms with Gasteiger partial charge >= 0.3 is 5.97 Å². The lowest BCUT2D eigenvalue weighted by Gasteiger charge is -2.48. The number of rotatable bonds is 2. The number of thiazole rings is 1. The minimum absolute atomic E-state index is 0.123. The third kappa shape index (κ3) is 5.17. The number of esters is 1. The van der Waals surface area contributed by atoms with Crippen molar-refractivity contribution in [2.45, 2.75) is 117 Å². The minimum atomic E-state index is -0.806. The zero-order chi connectivity index (χ0) is 23.6. The van der Waals surface area contributed by atoms with E-state index in [1.165, 1.54) is 0 Å². The Balaban J connectivity index is 1.91. The van der Waals surface area contributed by atoms with Gasteiger partial charge in [-0.1, -0.05) is 33.1 Å². The zero-order valence-electron chi connectivity index (χ0n) is 20.7. The number of carbonyl (C=O) groups is 2. The molecule has 1 N–H and O–H groups in total. The van der Waals surface area contributed by atoms with Crippen molar-refractivity contribution in [3.05, 3.63) is 21.7 Å². The molecule has 3 heterocycles. The van der Waals surface area contributed by atoms with E-state index in [9.17, 15) is 9.59 Å². The highest BCUT2D eigenvalue weighted by atomic mass is 32.1. The van der Waals surface area contributed by atoms with Crippen molar-refractivity contribution >= 4 is 29.2 Å². The van der Waals surface area contributed by atoms with Crippen LogP contribution in [-0.4, -0.2) is 33.9 Å². The molecule has 2 aliphatic heterocycles. The van der Waals surface area contributed by atoms with E-state index in [1.807, 2.05) is 26.2 Å². The first kappa shape index (κ1) is 25.1. The van der Waals surface area contributed by atoms with Crippen molar-refractivity contribution in [3.63, 3.8) is 0 Å². The lowest BCUT2D eigenvalue weighted by Crippen LogP contribution is -2.55. The Labute approximate surface area is 197 Å². The van der Waals surface area contributed by atoms with E-state index in [2.05, 4.69) is 37.1 Å². The molecule has 1 aromatic heterocycles. The fourth-order valence-electron chi connectivity index (χ4n) is 5.16. The van der Waals surface area contributed by atoms with Gasteiger partial charge in [-0.25, -0.2) is 4.98 Å². The Morgan fingerprint density at radius 1 is 1.09 bits per heavy atom. The van der Waals surface area contributed by atoms with E-state index < -0.39 is 5.60 Å². The maximum absolute atomic E-state index is 13.0. The number of hydrogen-bond donors (Lipinski definition) is 1. The summed E-state index contributed by atoms with van der Waals surface area (Å²) < 4.78 is 6.31. The number of ether oxygens (including phenoxy) is 1. The van der Waals surface area contributed by atoms with Crippen LogP contribution in [0.3, 0.4) is 0 Å². The Morgan fingerprint density at radius 2 is 1.78 bits per heavy atom. The molecule has 2 aliphatic rings. The molecule has 0 radical (unpaired) electrons. The van der Waals surface area contributed by atoms with Crippen LogP contribution < -0.4 is 5.32 Å². The Bertz CT molecular complexity index is 874. The second-order valence-corrected chi connectivity index (χ2v) is 11.6. The van der Waals surface area contributed by atoms with Crippen molar-refractivity contribution in [2.24, 2.45) is 5.41 Å². The molecule has 5 nitrogen and oxygen atoms in total. The van der Waals surface area contributed by atoms with Gasteiger partial charge in [0.05, 0.1) is 10.7 Å². The molecule has 178 valence electrons. The molecule has 32 heavy (non-hydrogen) atoms. The Hall–Kier alpha value is -1.53. The van der Waals surface area contributed by atoms with Gasteiger partial charge in [0.25, 0.3) is 0 Å². The van der Waals surface area contributed by atoms with Crippen LogP contribution in [0.15, 0.2) is 11.0 Å². The molecule has 3 atom stereocenters. The lowest BCUT2D eigenvalue weighted by molar-refractivity contribution is -0.167. The van der Waals surface area contributed by atoms with E-state index in [0.717, 1.165) is 48.4 Å². The molecule has 0 aliphatic carbocycles. The maximum Gasteiger partial charge on any atom is 0.306 e. The first-order valence-electron chi connectivity index (χ1n) is 12.1. The van der Waals surface area contributed by atoms with E-state index in [-0.39, 0.29) is 29.1 Å². The van der Waals surface area contributed by atoms with Crippen molar-refractivity contribution < 1.29 is 14.3 Å². The largest absolute Gasteiger partial charge is 0.454 e. The number of carbonyl (C=O) groups excluding carboxylic acids is 2. The van der Waals surface area contributed by atoms with Gasteiger partial charge in [-0.05, 0) is 58.6 Å². The topological polar surface area (TPSA) is 78.2 Å². The van der Waals surface area contributed by atoms with Gasteiger partial charge in [0.2, 0.25) is 0 Å². The van der Waals surface area contributed by atoms with E-state index in [4.69, 9.17) is 4.74 Å². The van der Waals surface area contributed by atoms with E-state index >= 15 is 0 Å². The van der Waals surface area contributed by atoms with Crippen LogP contribution in [0.4, 0.5) is 0 Å². The molecule has 2 saturated heterocycles. The molecule has 0 saturated carbocycles. The fourth-order valence-corrected chi connectivity index (χ4v) is 5.73. The number of nitrogens with zero attached hydrogens (tertiary/aromatic N) is 1. The van der Waals surface area contributed by atoms with Crippen molar-refractivity contribution in [2.75, 3.05) is 0 Å². The first-order chi connectivity index (χ1) is 15.0. The van der Waals surface area contributed by atoms with Crippen LogP contribution >= 0.6 is 11.3 Å². The normalized spacial score (nSPS) is 32.8. The quantitative estimate of drug-likeness (QED) is 0.432. The number of fused-ring (bicyclic) bond motifs is 1. The molecule has 0 aromatic carbocycles. The summed E-state index contributed by atoms with van der Waals surface area (Å²) in [4.78, 5) is 29.7. The number of aryl methyl sites for hydroxylation is 1. The van der Waals surface area contributed by atoms with Crippen molar-refractivity contribution in [3.8, 4) is 0 Å². The number of cyclic esters (lactones) is 1. The summed E-state index contributed by atoms with van der Waals surface area (Å²) in [6.45, 7) is 12.8. The molecule has 6 heteroatoms. The van der Waals surface area contributed by atoms with Crippen LogP contribution in [0, 0.1) is 12.3 Å². The standard InChI is InChI=1S/C26H40N2O3S/c1-18(16-20-17-32-19(2)27-20)26(6)24(3,4)25(5)22(28-25)14-10-8-7-9-12-21(29)13-11-15-23(30)31-26/h16-17,22,28H,7-15H2,1-6H3/b18-16+. The SMILES string of the molecule is C/C(=C\c1csc(C)n1)C1(C)OC(=O)CCCC(=O)CCCCCCC2NC2(C)C1(C)C. The van der Waals surface area contributed by atoms with Crippen molar-refractivity contribution in [1.82, 2.24) is 10.3 Å². The molecule has 3 rings (SSSR count). The molecular weight excluding hydrogens is 420 g/mol. The highest BCUT2D eigenvalue weighted by Gasteiger charge is 2.66. The average Bonchev–Trinajstić information content (AvgIpc) is 3.22. The molecule has 0 amide bonds. The summed E-state index contributed by atoms with van der Waals surface area (Å²) in [6, 6.07) is 0.402. The number of hydrogen-bond acceptors (Lipinski definition) is 6. The number of Topliss-reactive ketones (excluding diaryl/α,β-unsaturated/α-hetero) is 1. The highest BCUT2D eigenvalue weighted by Crippen LogP contribution is 2.55. The predicted molar refractivity (Wildman–Crippen MR) is 131 cm³/mol. The minimum Gasteiger partial charge on any atom is -0.454 e. The zero-order valence-corrected chi connectivity index (χ0v) is 21.5. The van der Waals surface area contributed by atoms with Crippen LogP contribution in [0.1, 0.15) is 103 Å². The number of ketones is 1. The smallest absolute Gasteiger partial charge is 0.306 e. The van der Waals surface area contributed by atoms with Crippen LogP contribution in [0.5, 0.6) is 0 Å². The Morgan fingerprint density at radius 3 is 2.47 bits per heavy atom. The second kappa shape index (κ2) is 9.76. The van der Waals surface area contributed by atoms with Gasteiger partial charge in [-0.2, -0.15) is 0 Å².